The number of benzene rings is 3. The summed E-state index contributed by atoms with van der Waals surface area (Å²) in [5.74, 6) is 0.0151. The zero-order valence-corrected chi connectivity index (χ0v) is 16.8. The van der Waals surface area contributed by atoms with E-state index in [0.717, 1.165) is 11.1 Å². The molecule has 0 fully saturated rings. The van der Waals surface area contributed by atoms with Crippen LogP contribution in [-0.4, -0.2) is 23.0 Å². The minimum atomic E-state index is -0.221. The number of hydrogen-bond donors (Lipinski definition) is 1. The Morgan fingerprint density at radius 1 is 0.862 bits per heavy atom. The topological polar surface area (TPSA) is 64.1 Å². The first-order valence-electron chi connectivity index (χ1n) is 8.72. The summed E-state index contributed by atoms with van der Waals surface area (Å²) in [6, 6.07) is 20.1. The third-order valence-corrected chi connectivity index (χ3v) is 4.87. The quantitative estimate of drug-likeness (QED) is 0.446. The SMILES string of the molecule is COc1nc2cc(NC(=O)c3ccc(-c4ccc(Cl)cc4)cc3)ccc2nc1Cl. The van der Waals surface area contributed by atoms with Crippen LogP contribution >= 0.6 is 23.2 Å². The van der Waals surface area contributed by atoms with Crippen molar-refractivity contribution >= 4 is 45.8 Å². The van der Waals surface area contributed by atoms with Gasteiger partial charge >= 0.3 is 0 Å². The summed E-state index contributed by atoms with van der Waals surface area (Å²) in [4.78, 5) is 21.1. The molecule has 1 N–H and O–H groups in total. The molecule has 0 radical (unpaired) electrons. The van der Waals surface area contributed by atoms with Crippen LogP contribution in [0.4, 0.5) is 5.69 Å². The summed E-state index contributed by atoms with van der Waals surface area (Å²) in [5, 5.41) is 3.75. The molecule has 0 unspecified atom stereocenters. The van der Waals surface area contributed by atoms with E-state index >= 15 is 0 Å². The standard InChI is InChI=1S/C22H15Cl2N3O2/c1-29-22-20(24)26-18-11-10-17(12-19(18)27-22)25-21(28)15-4-2-13(3-5-15)14-6-8-16(23)9-7-14/h2-12H,1H3,(H,25,28). The van der Waals surface area contributed by atoms with Gasteiger partial charge in [0, 0.05) is 16.3 Å². The summed E-state index contributed by atoms with van der Waals surface area (Å²) in [6.45, 7) is 0. The second-order valence-electron chi connectivity index (χ2n) is 6.27. The Hall–Kier alpha value is -3.15. The smallest absolute Gasteiger partial charge is 0.255 e. The number of halogens is 2. The first-order valence-corrected chi connectivity index (χ1v) is 9.48. The highest BCUT2D eigenvalue weighted by molar-refractivity contribution is 6.31. The van der Waals surface area contributed by atoms with Crippen LogP contribution in [0.3, 0.4) is 0 Å². The lowest BCUT2D eigenvalue weighted by molar-refractivity contribution is 0.102. The van der Waals surface area contributed by atoms with E-state index in [2.05, 4.69) is 15.3 Å². The fourth-order valence-corrected chi connectivity index (χ4v) is 3.22. The highest BCUT2D eigenvalue weighted by atomic mass is 35.5. The number of methoxy groups -OCH3 is 1. The van der Waals surface area contributed by atoms with Crippen LogP contribution < -0.4 is 10.1 Å². The number of carbonyl (C=O) groups is 1. The van der Waals surface area contributed by atoms with Crippen molar-refractivity contribution in [2.75, 3.05) is 12.4 Å². The molecule has 5 nitrogen and oxygen atoms in total. The number of carbonyl (C=O) groups excluding carboxylic acids is 1. The number of nitrogens with one attached hydrogen (secondary N) is 1. The number of fused-ring (bicyclic) bond motifs is 1. The van der Waals surface area contributed by atoms with Gasteiger partial charge in [0.15, 0.2) is 5.15 Å². The maximum atomic E-state index is 12.6. The minimum Gasteiger partial charge on any atom is -0.479 e. The molecule has 4 aromatic rings. The monoisotopic (exact) mass is 423 g/mol. The van der Waals surface area contributed by atoms with Gasteiger partial charge in [-0.05, 0) is 53.6 Å². The van der Waals surface area contributed by atoms with E-state index in [1.807, 2.05) is 36.4 Å². The van der Waals surface area contributed by atoms with Gasteiger partial charge < -0.3 is 10.1 Å². The number of rotatable bonds is 4. The molecule has 29 heavy (non-hydrogen) atoms. The third kappa shape index (κ3) is 4.16. The molecule has 0 spiro atoms. The molecule has 0 aliphatic heterocycles. The molecule has 3 aromatic carbocycles. The maximum absolute atomic E-state index is 12.6. The Bertz CT molecular complexity index is 1190. The van der Waals surface area contributed by atoms with Crippen molar-refractivity contribution in [3.63, 3.8) is 0 Å². The Labute approximate surface area is 177 Å². The number of ether oxygens (including phenoxy) is 1. The van der Waals surface area contributed by atoms with E-state index < -0.39 is 0 Å². The van der Waals surface area contributed by atoms with Gasteiger partial charge in [0.2, 0.25) is 0 Å². The van der Waals surface area contributed by atoms with Gasteiger partial charge in [-0.2, -0.15) is 0 Å². The van der Waals surface area contributed by atoms with E-state index in [1.54, 1.807) is 30.3 Å². The molecule has 1 aromatic heterocycles. The Kier molecular flexibility index (Phi) is 5.34. The Balaban J connectivity index is 1.54. The van der Waals surface area contributed by atoms with Gasteiger partial charge in [0.05, 0.1) is 18.1 Å². The summed E-state index contributed by atoms with van der Waals surface area (Å²) in [6.07, 6.45) is 0. The fourth-order valence-electron chi connectivity index (χ4n) is 2.88. The highest BCUT2D eigenvalue weighted by Gasteiger charge is 2.10. The molecule has 0 atom stereocenters. The van der Waals surface area contributed by atoms with Crippen molar-refractivity contribution in [3.05, 3.63) is 82.5 Å². The van der Waals surface area contributed by atoms with Crippen molar-refractivity contribution in [2.24, 2.45) is 0 Å². The van der Waals surface area contributed by atoms with E-state index in [9.17, 15) is 4.79 Å². The van der Waals surface area contributed by atoms with Gasteiger partial charge in [-0.1, -0.05) is 47.5 Å². The third-order valence-electron chi connectivity index (χ3n) is 4.37. The Morgan fingerprint density at radius 2 is 1.52 bits per heavy atom. The minimum absolute atomic E-state index is 0.192. The molecular formula is C22H15Cl2N3O2. The normalized spacial score (nSPS) is 10.7. The highest BCUT2D eigenvalue weighted by Crippen LogP contribution is 2.25. The molecule has 0 aliphatic rings. The Morgan fingerprint density at radius 3 is 2.17 bits per heavy atom. The lowest BCUT2D eigenvalue weighted by atomic mass is 10.0. The summed E-state index contributed by atoms with van der Waals surface area (Å²) in [7, 11) is 1.47. The predicted molar refractivity (Wildman–Crippen MR) is 116 cm³/mol. The summed E-state index contributed by atoms with van der Waals surface area (Å²) < 4.78 is 5.10. The lowest BCUT2D eigenvalue weighted by Gasteiger charge is -2.08. The molecule has 0 bridgehead atoms. The van der Waals surface area contributed by atoms with Gasteiger partial charge in [-0.15, -0.1) is 0 Å². The first kappa shape index (κ1) is 19.2. The summed E-state index contributed by atoms with van der Waals surface area (Å²) >= 11 is 11.9. The average Bonchev–Trinajstić information content (AvgIpc) is 2.74. The van der Waals surface area contributed by atoms with Gasteiger partial charge in [0.25, 0.3) is 11.8 Å². The zero-order valence-electron chi connectivity index (χ0n) is 15.3. The molecule has 0 aliphatic carbocycles. The van der Waals surface area contributed by atoms with Crippen LogP contribution in [0.5, 0.6) is 5.88 Å². The van der Waals surface area contributed by atoms with E-state index in [0.29, 0.717) is 27.3 Å². The zero-order chi connectivity index (χ0) is 20.4. The van der Waals surface area contributed by atoms with Crippen molar-refractivity contribution in [2.45, 2.75) is 0 Å². The van der Waals surface area contributed by atoms with Crippen LogP contribution in [0.25, 0.3) is 22.2 Å². The van der Waals surface area contributed by atoms with Crippen LogP contribution in [-0.2, 0) is 0 Å². The van der Waals surface area contributed by atoms with Crippen molar-refractivity contribution in [1.82, 2.24) is 9.97 Å². The van der Waals surface area contributed by atoms with Crippen molar-refractivity contribution < 1.29 is 9.53 Å². The maximum Gasteiger partial charge on any atom is 0.255 e. The molecular weight excluding hydrogens is 409 g/mol. The van der Waals surface area contributed by atoms with Gasteiger partial charge in [0.1, 0.15) is 0 Å². The second kappa shape index (κ2) is 8.07. The van der Waals surface area contributed by atoms with Crippen LogP contribution in [0.15, 0.2) is 66.7 Å². The van der Waals surface area contributed by atoms with Crippen LogP contribution in [0, 0.1) is 0 Å². The molecule has 144 valence electrons. The van der Waals surface area contributed by atoms with Gasteiger partial charge in [-0.25, -0.2) is 9.97 Å². The first-order chi connectivity index (χ1) is 14.0. The molecule has 1 heterocycles. The molecule has 0 saturated carbocycles. The van der Waals surface area contributed by atoms with Crippen LogP contribution in [0.1, 0.15) is 10.4 Å². The van der Waals surface area contributed by atoms with Crippen LogP contribution in [0.2, 0.25) is 10.2 Å². The largest absolute Gasteiger partial charge is 0.479 e. The molecule has 1 amide bonds. The molecule has 7 heteroatoms. The lowest BCUT2D eigenvalue weighted by Crippen LogP contribution is -2.11. The number of anilines is 1. The second-order valence-corrected chi connectivity index (χ2v) is 7.06. The number of amides is 1. The molecule has 0 saturated heterocycles. The predicted octanol–water partition coefficient (Wildman–Crippen LogP) is 5.86. The van der Waals surface area contributed by atoms with Gasteiger partial charge in [-0.3, -0.25) is 4.79 Å². The molecule has 4 rings (SSSR count). The van der Waals surface area contributed by atoms with E-state index in [1.165, 1.54) is 7.11 Å². The number of aromatic nitrogens is 2. The fraction of sp³-hybridized carbons (Fsp3) is 0.0455. The number of hydrogen-bond acceptors (Lipinski definition) is 4. The van der Waals surface area contributed by atoms with Crippen molar-refractivity contribution in [3.8, 4) is 17.0 Å². The number of nitrogens with zero attached hydrogens (tertiary/aromatic N) is 2. The summed E-state index contributed by atoms with van der Waals surface area (Å²) in [5.41, 5.74) is 4.36. The van der Waals surface area contributed by atoms with E-state index in [-0.39, 0.29) is 16.9 Å². The average molecular weight is 424 g/mol. The van der Waals surface area contributed by atoms with E-state index in [4.69, 9.17) is 27.9 Å². The van der Waals surface area contributed by atoms with Crippen molar-refractivity contribution in [1.29, 1.82) is 0 Å².